The van der Waals surface area contributed by atoms with Crippen LogP contribution < -0.4 is 9.47 Å². The Balaban J connectivity index is 1.92. The highest BCUT2D eigenvalue weighted by molar-refractivity contribution is 5.62. The van der Waals surface area contributed by atoms with E-state index in [2.05, 4.69) is 0 Å². The van der Waals surface area contributed by atoms with Gasteiger partial charge in [-0.3, -0.25) is 0 Å². The fraction of sp³-hybridized carbons (Fsp3) is 0.556. The van der Waals surface area contributed by atoms with Gasteiger partial charge in [-0.05, 0) is 38.0 Å². The minimum atomic E-state index is -2.83. The third kappa shape index (κ3) is 1.28. The predicted octanol–water partition coefficient (Wildman–Crippen LogP) is 1.50. The molecule has 1 saturated heterocycles. The topological polar surface area (TPSA) is 41.9 Å². The van der Waals surface area contributed by atoms with Gasteiger partial charge in [-0.1, -0.05) is 18.2 Å². The van der Waals surface area contributed by atoms with Crippen LogP contribution in [-0.2, 0) is 11.8 Å². The van der Waals surface area contributed by atoms with Crippen molar-refractivity contribution in [2.45, 2.75) is 36.4 Å². The van der Waals surface area contributed by atoms with Crippen molar-refractivity contribution in [2.75, 3.05) is 20.6 Å². The molecule has 1 aromatic rings. The normalized spacial score (nSPS) is 59.3. The van der Waals surface area contributed by atoms with E-state index in [0.29, 0.717) is 6.54 Å². The van der Waals surface area contributed by atoms with E-state index in [0.717, 1.165) is 6.08 Å². The summed E-state index contributed by atoms with van der Waals surface area (Å²) >= 11 is 0. The molecule has 2 aliphatic carbocycles. The van der Waals surface area contributed by atoms with Crippen LogP contribution in [0.2, 0.25) is 0 Å². The van der Waals surface area contributed by atoms with Crippen molar-refractivity contribution >= 4 is 0 Å². The molecule has 0 aromatic heterocycles. The van der Waals surface area contributed by atoms with Crippen molar-refractivity contribution in [2.24, 2.45) is 5.89 Å². The summed E-state index contributed by atoms with van der Waals surface area (Å²) in [6.45, 7) is 0.307. The van der Waals surface area contributed by atoms with E-state index in [1.165, 1.54) is 18.2 Å². The molecule has 22 heavy (non-hydrogen) atoms. The second-order valence-corrected chi connectivity index (χ2v) is 6.21. The third-order valence-corrected chi connectivity index (χ3v) is 5.26. The summed E-state index contributed by atoms with van der Waals surface area (Å²) in [6.07, 6.45) is -4.52. The van der Waals surface area contributed by atoms with Crippen molar-refractivity contribution in [3.63, 3.8) is 0 Å². The van der Waals surface area contributed by atoms with E-state index in [1.807, 2.05) is 0 Å². The Labute approximate surface area is 141 Å². The Morgan fingerprint density at radius 2 is 2.45 bits per heavy atom. The standard InChI is InChI=1S/C18H21NO3/c1-19-8-7-18-11-4-5-13(20)17(18)22-16-14(21-2)6-3-10(15(16)18)9-12(11)19/h3-6,11-13,17,20H,7-9H2,1-2H3/t11-,12+,13?,17?,18-/m0/s1/i2D3,9D2,11D,13D,17D. The van der Waals surface area contributed by atoms with Crippen molar-refractivity contribution in [1.29, 1.82) is 0 Å². The fourth-order valence-corrected chi connectivity index (χ4v) is 4.28. The fourth-order valence-electron chi connectivity index (χ4n) is 4.28. The minimum absolute atomic E-state index is 0.145. The molecule has 0 saturated carbocycles. The highest BCUT2D eigenvalue weighted by atomic mass is 16.5. The molecule has 1 fully saturated rings. The monoisotopic (exact) mass is 307 g/mol. The molecule has 2 heterocycles. The summed E-state index contributed by atoms with van der Waals surface area (Å²) in [5.41, 5.74) is -1.28. The van der Waals surface area contributed by atoms with E-state index in [-0.39, 0.29) is 29.0 Å². The van der Waals surface area contributed by atoms with Crippen LogP contribution in [0, 0.1) is 5.89 Å². The molecule has 4 aliphatic rings. The van der Waals surface area contributed by atoms with E-state index in [4.69, 9.17) is 19.1 Å². The van der Waals surface area contributed by atoms with E-state index < -0.39 is 42.9 Å². The highest BCUT2D eigenvalue weighted by Gasteiger charge is 2.64. The quantitative estimate of drug-likeness (QED) is 0.799. The van der Waals surface area contributed by atoms with Crippen LogP contribution in [0.25, 0.3) is 0 Å². The van der Waals surface area contributed by atoms with Gasteiger partial charge in [0.15, 0.2) is 11.5 Å². The van der Waals surface area contributed by atoms with Crippen LogP contribution in [0.1, 0.15) is 28.5 Å². The first-order valence-corrected chi connectivity index (χ1v) is 7.31. The summed E-state index contributed by atoms with van der Waals surface area (Å²) in [6, 6.07) is 1.68. The molecule has 2 unspecified atom stereocenters. The van der Waals surface area contributed by atoms with Crippen LogP contribution >= 0.6 is 0 Å². The molecule has 116 valence electrons. The zero-order valence-electron chi connectivity index (χ0n) is 20.0. The molecule has 1 N–H and O–H groups in total. The molecule has 5 rings (SSSR count). The molecule has 4 nitrogen and oxygen atoms in total. The number of ether oxygens (including phenoxy) is 2. The molecule has 1 aromatic carbocycles. The summed E-state index contributed by atoms with van der Waals surface area (Å²) in [4.78, 5) is 1.73. The lowest BCUT2D eigenvalue weighted by atomic mass is 9.53. The molecule has 4 heteroatoms. The SMILES string of the molecule is [2H]C([2H])([2H])Oc1ccc2c3c1OC1([2H])C([2H])(O)C=C[C@@]4([2H])[C@H](N(C)CC[C@]314)C2([2H])[2H]. The Morgan fingerprint density at radius 3 is 3.32 bits per heavy atom. The van der Waals surface area contributed by atoms with E-state index in [1.54, 1.807) is 11.9 Å². The number of benzene rings is 1. The number of hydrogen-bond donors (Lipinski definition) is 1. The first-order chi connectivity index (χ1) is 13.6. The summed E-state index contributed by atoms with van der Waals surface area (Å²) in [5, 5.41) is 10.9. The van der Waals surface area contributed by atoms with Gasteiger partial charge >= 0.3 is 0 Å². The average molecular weight is 307 g/mol. The van der Waals surface area contributed by atoms with Crippen LogP contribution in [0.5, 0.6) is 11.5 Å². The Hall–Kier alpha value is -1.52. The number of nitrogens with zero attached hydrogens (tertiary/aromatic N) is 1. The van der Waals surface area contributed by atoms with Gasteiger partial charge in [0.1, 0.15) is 12.2 Å². The van der Waals surface area contributed by atoms with Gasteiger partial charge in [-0.15, -0.1) is 0 Å². The maximum Gasteiger partial charge on any atom is 0.165 e. The second-order valence-electron chi connectivity index (χ2n) is 6.21. The molecule has 0 radical (unpaired) electrons. The van der Waals surface area contributed by atoms with Gasteiger partial charge in [0, 0.05) is 27.0 Å². The van der Waals surface area contributed by atoms with Gasteiger partial charge in [0.25, 0.3) is 0 Å². The van der Waals surface area contributed by atoms with Crippen LogP contribution in [0.15, 0.2) is 24.3 Å². The number of likely N-dealkylation sites (N-methyl/N-ethyl adjacent to an activating group) is 1. The lowest BCUT2D eigenvalue weighted by Gasteiger charge is -2.56. The van der Waals surface area contributed by atoms with Crippen molar-refractivity contribution in [3.8, 4) is 11.5 Å². The number of likely N-dealkylation sites (tertiary alicyclic amines) is 1. The lowest BCUT2D eigenvalue weighted by Crippen LogP contribution is -2.64. The van der Waals surface area contributed by atoms with Crippen LogP contribution in [-0.4, -0.2) is 48.8 Å². The summed E-state index contributed by atoms with van der Waals surface area (Å²) in [5.74, 6) is -2.15. The number of methoxy groups -OCH3 is 1. The molecular formula is C18H21NO3. The molecule has 1 spiro atoms. The van der Waals surface area contributed by atoms with Crippen LogP contribution in [0.3, 0.4) is 0 Å². The lowest BCUT2D eigenvalue weighted by molar-refractivity contribution is -0.0453. The minimum Gasteiger partial charge on any atom is -0.493 e. The predicted molar refractivity (Wildman–Crippen MR) is 82.5 cm³/mol. The first kappa shape index (κ1) is 7.37. The Morgan fingerprint density at radius 1 is 1.55 bits per heavy atom. The van der Waals surface area contributed by atoms with Gasteiger partial charge in [0.2, 0.25) is 0 Å². The van der Waals surface area contributed by atoms with Crippen LogP contribution in [0.4, 0.5) is 0 Å². The third-order valence-electron chi connectivity index (χ3n) is 5.26. The molecular weight excluding hydrogens is 278 g/mol. The maximum absolute atomic E-state index is 10.9. The van der Waals surface area contributed by atoms with Gasteiger partial charge in [-0.25, -0.2) is 0 Å². The van der Waals surface area contributed by atoms with Crippen molar-refractivity contribution in [3.05, 3.63) is 35.4 Å². The largest absolute Gasteiger partial charge is 0.493 e. The number of piperidine rings is 1. The zero-order valence-corrected chi connectivity index (χ0v) is 12.0. The average Bonchev–Trinajstić information content (AvgIpc) is 2.87. The molecule has 2 bridgehead atoms. The number of rotatable bonds is 1. The Bertz CT molecular complexity index is 994. The van der Waals surface area contributed by atoms with E-state index >= 15 is 0 Å². The maximum atomic E-state index is 10.9. The highest BCUT2D eigenvalue weighted by Crippen LogP contribution is 2.62. The van der Waals surface area contributed by atoms with Gasteiger partial charge in [0.05, 0.1) is 13.9 Å². The number of hydrogen-bond acceptors (Lipinski definition) is 4. The zero-order chi connectivity index (χ0) is 22.1. The molecule has 5 atom stereocenters. The van der Waals surface area contributed by atoms with Crippen molar-refractivity contribution < 1.29 is 25.5 Å². The summed E-state index contributed by atoms with van der Waals surface area (Å²) in [7, 11) is -1.12. The first-order valence-electron chi connectivity index (χ1n) is 11.3. The van der Waals surface area contributed by atoms with Crippen molar-refractivity contribution in [1.82, 2.24) is 4.90 Å². The van der Waals surface area contributed by atoms with E-state index in [9.17, 15) is 6.48 Å². The molecule has 0 amide bonds. The Kier molecular flexibility index (Phi) is 1.36. The van der Waals surface area contributed by atoms with Gasteiger partial charge < -0.3 is 19.5 Å². The summed E-state index contributed by atoms with van der Waals surface area (Å²) < 4.78 is 78.0. The smallest absolute Gasteiger partial charge is 0.165 e. The molecule has 2 aliphatic heterocycles. The van der Waals surface area contributed by atoms with Gasteiger partial charge in [-0.2, -0.15) is 0 Å². The second kappa shape index (κ2) is 4.06. The number of aliphatic hydroxyl groups is 1.